The molecule has 21 heavy (non-hydrogen) atoms. The van der Waals surface area contributed by atoms with Gasteiger partial charge in [-0.1, -0.05) is 26.0 Å². The summed E-state index contributed by atoms with van der Waals surface area (Å²) in [5, 5.41) is 2.72. The molecule has 0 aliphatic carbocycles. The molecular formula is C16H18FN3O. The van der Waals surface area contributed by atoms with Crippen molar-refractivity contribution in [3.05, 3.63) is 59.7 Å². The molecule has 3 N–H and O–H groups in total. The summed E-state index contributed by atoms with van der Waals surface area (Å²) in [7, 11) is 0. The maximum absolute atomic E-state index is 12.8. The molecule has 2 aromatic rings. The van der Waals surface area contributed by atoms with Crippen LogP contribution in [0.25, 0.3) is 0 Å². The van der Waals surface area contributed by atoms with Gasteiger partial charge in [-0.15, -0.1) is 0 Å². The molecule has 0 fully saturated rings. The van der Waals surface area contributed by atoms with E-state index in [1.165, 1.54) is 12.1 Å². The number of amides is 1. The molecule has 5 heteroatoms. The lowest BCUT2D eigenvalue weighted by molar-refractivity contribution is 0.102. The molecule has 0 saturated carbocycles. The van der Waals surface area contributed by atoms with Gasteiger partial charge in [0.1, 0.15) is 11.5 Å². The van der Waals surface area contributed by atoms with Gasteiger partial charge in [0, 0.05) is 17.6 Å². The molecule has 0 bridgehead atoms. The van der Waals surface area contributed by atoms with Gasteiger partial charge in [0.15, 0.2) is 0 Å². The normalized spacial score (nSPS) is 11.2. The third-order valence-corrected chi connectivity index (χ3v) is 3.39. The van der Waals surface area contributed by atoms with Crippen molar-refractivity contribution in [1.29, 1.82) is 0 Å². The average molecular weight is 287 g/mol. The van der Waals surface area contributed by atoms with Gasteiger partial charge in [0.2, 0.25) is 0 Å². The van der Waals surface area contributed by atoms with Gasteiger partial charge in [-0.3, -0.25) is 4.79 Å². The van der Waals surface area contributed by atoms with E-state index in [1.807, 2.05) is 24.3 Å². The maximum atomic E-state index is 12.8. The van der Waals surface area contributed by atoms with E-state index in [-0.39, 0.29) is 17.0 Å². The Morgan fingerprint density at radius 2 is 1.90 bits per heavy atom. The van der Waals surface area contributed by atoms with Crippen LogP contribution in [-0.4, -0.2) is 17.4 Å². The van der Waals surface area contributed by atoms with Gasteiger partial charge in [-0.2, -0.15) is 0 Å². The van der Waals surface area contributed by atoms with Crippen LogP contribution in [0.1, 0.15) is 29.9 Å². The first-order valence-corrected chi connectivity index (χ1v) is 6.66. The van der Waals surface area contributed by atoms with Crippen molar-refractivity contribution in [2.45, 2.75) is 19.3 Å². The Kier molecular flexibility index (Phi) is 4.33. The Morgan fingerprint density at radius 3 is 2.43 bits per heavy atom. The third kappa shape index (κ3) is 3.64. The Labute approximate surface area is 123 Å². The zero-order chi connectivity index (χ0) is 15.5. The quantitative estimate of drug-likeness (QED) is 0.908. The van der Waals surface area contributed by atoms with E-state index in [2.05, 4.69) is 24.1 Å². The minimum atomic E-state index is -0.472. The zero-order valence-corrected chi connectivity index (χ0v) is 12.1. The van der Waals surface area contributed by atoms with E-state index >= 15 is 0 Å². The highest BCUT2D eigenvalue weighted by molar-refractivity contribution is 6.02. The van der Waals surface area contributed by atoms with Gasteiger partial charge in [-0.25, -0.2) is 9.37 Å². The second-order valence-corrected chi connectivity index (χ2v) is 5.48. The van der Waals surface area contributed by atoms with Crippen LogP contribution in [-0.2, 0) is 5.41 Å². The number of nitrogens with one attached hydrogen (secondary N) is 1. The fourth-order valence-electron chi connectivity index (χ4n) is 1.83. The maximum Gasteiger partial charge on any atom is 0.274 e. The summed E-state index contributed by atoms with van der Waals surface area (Å²) in [6, 6.07) is 10.0. The number of carbonyl (C=O) groups excluding carboxylic acids is 1. The van der Waals surface area contributed by atoms with Crippen LogP contribution in [0.4, 0.5) is 10.1 Å². The zero-order valence-electron chi connectivity index (χ0n) is 12.1. The number of pyridine rings is 1. The molecule has 0 spiro atoms. The summed E-state index contributed by atoms with van der Waals surface area (Å²) in [6.45, 7) is 4.66. The van der Waals surface area contributed by atoms with Crippen LogP contribution >= 0.6 is 0 Å². The highest BCUT2D eigenvalue weighted by atomic mass is 19.1. The molecule has 0 saturated heterocycles. The van der Waals surface area contributed by atoms with E-state index in [4.69, 9.17) is 5.73 Å². The summed E-state index contributed by atoms with van der Waals surface area (Å²) in [5.41, 5.74) is 7.55. The number of aromatic nitrogens is 1. The lowest BCUT2D eigenvalue weighted by atomic mass is 9.85. The van der Waals surface area contributed by atoms with Crippen molar-refractivity contribution >= 4 is 11.6 Å². The summed E-state index contributed by atoms with van der Waals surface area (Å²) < 4.78 is 12.8. The molecular weight excluding hydrogens is 269 g/mol. The molecule has 1 aromatic heterocycles. The van der Waals surface area contributed by atoms with Crippen molar-refractivity contribution in [3.8, 4) is 0 Å². The third-order valence-electron chi connectivity index (χ3n) is 3.39. The molecule has 1 amide bonds. The number of carbonyl (C=O) groups is 1. The fourth-order valence-corrected chi connectivity index (χ4v) is 1.83. The number of benzene rings is 1. The molecule has 0 unspecified atom stereocenters. The second-order valence-electron chi connectivity index (χ2n) is 5.48. The first kappa shape index (κ1) is 15.1. The SMILES string of the molecule is CC(C)(CN)c1ccc(NC(=O)c2ccc(F)cn2)cc1. The second kappa shape index (κ2) is 6.01. The number of anilines is 1. The number of rotatable bonds is 4. The van der Waals surface area contributed by atoms with Crippen LogP contribution < -0.4 is 11.1 Å². The smallest absolute Gasteiger partial charge is 0.274 e. The van der Waals surface area contributed by atoms with Crippen molar-refractivity contribution in [2.75, 3.05) is 11.9 Å². The van der Waals surface area contributed by atoms with Gasteiger partial charge >= 0.3 is 0 Å². The van der Waals surface area contributed by atoms with E-state index in [1.54, 1.807) is 0 Å². The number of hydrogen-bond donors (Lipinski definition) is 2. The predicted octanol–water partition coefficient (Wildman–Crippen LogP) is 2.71. The molecule has 0 aliphatic rings. The summed E-state index contributed by atoms with van der Waals surface area (Å²) in [4.78, 5) is 15.7. The van der Waals surface area contributed by atoms with E-state index in [0.717, 1.165) is 11.8 Å². The number of halogens is 1. The highest BCUT2D eigenvalue weighted by Crippen LogP contribution is 2.23. The van der Waals surface area contributed by atoms with Crippen LogP contribution in [0.15, 0.2) is 42.6 Å². The van der Waals surface area contributed by atoms with E-state index in [0.29, 0.717) is 12.2 Å². The minimum absolute atomic E-state index is 0.110. The van der Waals surface area contributed by atoms with Crippen molar-refractivity contribution in [1.82, 2.24) is 4.98 Å². The molecule has 1 heterocycles. The minimum Gasteiger partial charge on any atom is -0.330 e. The number of nitrogens with two attached hydrogens (primary N) is 1. The molecule has 0 radical (unpaired) electrons. The average Bonchev–Trinajstić information content (AvgIpc) is 2.48. The number of hydrogen-bond acceptors (Lipinski definition) is 3. The Balaban J connectivity index is 2.10. The van der Waals surface area contributed by atoms with Crippen LogP contribution in [0, 0.1) is 5.82 Å². The first-order valence-electron chi connectivity index (χ1n) is 6.66. The van der Waals surface area contributed by atoms with Crippen molar-refractivity contribution in [2.24, 2.45) is 5.73 Å². The molecule has 0 atom stereocenters. The number of nitrogens with zero attached hydrogens (tertiary/aromatic N) is 1. The molecule has 4 nitrogen and oxygen atoms in total. The molecule has 2 rings (SSSR count). The Hall–Kier alpha value is -2.27. The Morgan fingerprint density at radius 1 is 1.24 bits per heavy atom. The largest absolute Gasteiger partial charge is 0.330 e. The van der Waals surface area contributed by atoms with Crippen molar-refractivity contribution in [3.63, 3.8) is 0 Å². The Bertz CT molecular complexity index is 621. The van der Waals surface area contributed by atoms with Gasteiger partial charge < -0.3 is 11.1 Å². The standard InChI is InChI=1S/C16H18FN3O/c1-16(2,10-18)11-3-6-13(7-4-11)20-15(21)14-8-5-12(17)9-19-14/h3-9H,10,18H2,1-2H3,(H,20,21). The summed E-state index contributed by atoms with van der Waals surface area (Å²) >= 11 is 0. The van der Waals surface area contributed by atoms with Gasteiger partial charge in [0.05, 0.1) is 6.20 Å². The van der Waals surface area contributed by atoms with Crippen LogP contribution in [0.3, 0.4) is 0 Å². The first-order chi connectivity index (χ1) is 9.92. The van der Waals surface area contributed by atoms with E-state index in [9.17, 15) is 9.18 Å². The molecule has 0 aliphatic heterocycles. The van der Waals surface area contributed by atoms with Crippen molar-refractivity contribution < 1.29 is 9.18 Å². The molecule has 1 aromatic carbocycles. The molecule has 110 valence electrons. The highest BCUT2D eigenvalue weighted by Gasteiger charge is 2.18. The predicted molar refractivity (Wildman–Crippen MR) is 80.7 cm³/mol. The monoisotopic (exact) mass is 287 g/mol. The summed E-state index contributed by atoms with van der Waals surface area (Å²) in [6.07, 6.45) is 1.02. The topological polar surface area (TPSA) is 68.0 Å². The van der Waals surface area contributed by atoms with Gasteiger partial charge in [-0.05, 0) is 29.8 Å². The lowest BCUT2D eigenvalue weighted by Crippen LogP contribution is -2.28. The van der Waals surface area contributed by atoms with E-state index < -0.39 is 5.82 Å². The van der Waals surface area contributed by atoms with Gasteiger partial charge in [0.25, 0.3) is 5.91 Å². The van der Waals surface area contributed by atoms with Crippen LogP contribution in [0.5, 0.6) is 0 Å². The fraction of sp³-hybridized carbons (Fsp3) is 0.250. The lowest BCUT2D eigenvalue weighted by Gasteiger charge is -2.23. The summed E-state index contributed by atoms with van der Waals surface area (Å²) in [5.74, 6) is -0.847. The van der Waals surface area contributed by atoms with Crippen LogP contribution in [0.2, 0.25) is 0 Å².